The number of carbonyl (C=O) groups excluding carboxylic acids is 4. The van der Waals surface area contributed by atoms with Gasteiger partial charge in [-0.3, -0.25) is 19.2 Å². The third-order valence-electron chi connectivity index (χ3n) is 11.8. The van der Waals surface area contributed by atoms with E-state index >= 15 is 0 Å². The second kappa shape index (κ2) is 12.8. The Kier molecular flexibility index (Phi) is 7.65. The van der Waals surface area contributed by atoms with E-state index in [1.54, 1.807) is 48.5 Å². The van der Waals surface area contributed by atoms with Crippen LogP contribution in [0.15, 0.2) is 165 Å². The monoisotopic (exact) mass is 852 g/mol. The summed E-state index contributed by atoms with van der Waals surface area (Å²) >= 11 is 0. The standard InChI is InChI=1S/C48H28N4O8S2/c49-25-1-9-29(10-2-25)61(57,58)31-13-5-27(6-14-31)51-45(53)37-21-17-33-35-19-23-39-44-40(24-20-36(42(35)44)34-18-22-38(46(51)54)43(37)41(33)34)48(56)52(47(39)55)28-7-15-32(16-8-28)62(59,60)30-11-3-26(50)4-12-30/h1-24H,49-50H2. The summed E-state index contributed by atoms with van der Waals surface area (Å²) in [5, 5.41) is 5.12. The van der Waals surface area contributed by atoms with Crippen LogP contribution in [0.3, 0.4) is 0 Å². The molecule has 0 saturated carbocycles. The summed E-state index contributed by atoms with van der Waals surface area (Å²) in [4.78, 5) is 59.2. The van der Waals surface area contributed by atoms with Gasteiger partial charge >= 0.3 is 0 Å². The van der Waals surface area contributed by atoms with Gasteiger partial charge in [-0.25, -0.2) is 26.6 Å². The number of rotatable bonds is 6. The van der Waals surface area contributed by atoms with E-state index in [2.05, 4.69) is 0 Å². The molecule has 2 heterocycles. The minimum absolute atomic E-state index is 0.0190. The molecule has 12 nitrogen and oxygen atoms in total. The topological polar surface area (TPSA) is 195 Å². The molecule has 0 bridgehead atoms. The summed E-state index contributed by atoms with van der Waals surface area (Å²) in [6.07, 6.45) is 0. The van der Waals surface area contributed by atoms with Gasteiger partial charge in [0.05, 0.1) is 31.0 Å². The van der Waals surface area contributed by atoms with Crippen LogP contribution < -0.4 is 21.3 Å². The van der Waals surface area contributed by atoms with Crippen LogP contribution in [0.25, 0.3) is 43.1 Å². The van der Waals surface area contributed by atoms with Crippen molar-refractivity contribution in [3.05, 3.63) is 168 Å². The van der Waals surface area contributed by atoms with Crippen LogP contribution in [0.1, 0.15) is 41.4 Å². The number of benzene rings is 9. The number of anilines is 4. The fourth-order valence-corrected chi connectivity index (χ4v) is 11.4. The van der Waals surface area contributed by atoms with Crippen molar-refractivity contribution in [3.63, 3.8) is 0 Å². The molecule has 0 fully saturated rings. The third kappa shape index (κ3) is 5.04. The van der Waals surface area contributed by atoms with Gasteiger partial charge in [-0.2, -0.15) is 0 Å². The largest absolute Gasteiger partial charge is 0.399 e. The summed E-state index contributed by atoms with van der Waals surface area (Å²) in [6, 6.07) is 36.5. The first kappa shape index (κ1) is 37.1. The number of carbonyl (C=O) groups is 4. The zero-order chi connectivity index (χ0) is 43.0. The van der Waals surface area contributed by atoms with Gasteiger partial charge in [0, 0.05) is 44.4 Å². The molecule has 2 aliphatic heterocycles. The number of nitrogen functional groups attached to an aromatic ring is 2. The Labute approximate surface area is 352 Å². The van der Waals surface area contributed by atoms with E-state index in [4.69, 9.17) is 11.5 Å². The van der Waals surface area contributed by atoms with Crippen molar-refractivity contribution in [2.45, 2.75) is 19.6 Å². The lowest BCUT2D eigenvalue weighted by Crippen LogP contribution is -2.40. The van der Waals surface area contributed by atoms with E-state index in [9.17, 15) is 36.0 Å². The van der Waals surface area contributed by atoms with Gasteiger partial charge in [-0.15, -0.1) is 0 Å². The van der Waals surface area contributed by atoms with Gasteiger partial charge in [0.1, 0.15) is 0 Å². The average Bonchev–Trinajstić information content (AvgIpc) is 3.27. The molecule has 9 aromatic rings. The second-order valence-corrected chi connectivity index (χ2v) is 19.1. The number of nitrogens with two attached hydrogens (primary N) is 2. The number of imide groups is 2. The first-order valence-electron chi connectivity index (χ1n) is 19.1. The highest BCUT2D eigenvalue weighted by atomic mass is 32.2. The van der Waals surface area contributed by atoms with Crippen molar-refractivity contribution in [2.75, 3.05) is 21.3 Å². The van der Waals surface area contributed by atoms with Crippen LogP contribution in [0.2, 0.25) is 0 Å². The first-order valence-corrected chi connectivity index (χ1v) is 22.1. The molecule has 9 aromatic carbocycles. The van der Waals surface area contributed by atoms with Gasteiger partial charge in [0.25, 0.3) is 23.6 Å². The van der Waals surface area contributed by atoms with Crippen LogP contribution in [-0.2, 0) is 19.7 Å². The Balaban J connectivity index is 0.979. The lowest BCUT2D eigenvalue weighted by molar-refractivity contribution is 0.0877. The number of hydrogen-bond acceptors (Lipinski definition) is 10. The highest BCUT2D eigenvalue weighted by Crippen LogP contribution is 2.47. The molecule has 14 heteroatoms. The Morgan fingerprint density at radius 2 is 0.548 bits per heavy atom. The minimum atomic E-state index is -3.90. The molecule has 0 aliphatic carbocycles. The predicted molar refractivity (Wildman–Crippen MR) is 235 cm³/mol. The van der Waals surface area contributed by atoms with E-state index < -0.39 is 43.3 Å². The van der Waals surface area contributed by atoms with Crippen molar-refractivity contribution < 1.29 is 36.0 Å². The van der Waals surface area contributed by atoms with Crippen LogP contribution in [-0.4, -0.2) is 40.5 Å². The van der Waals surface area contributed by atoms with Gasteiger partial charge in [-0.05, 0) is 154 Å². The number of fused-ring (bicyclic) bond motifs is 2. The molecule has 4 amide bonds. The molecule has 4 N–H and O–H groups in total. The zero-order valence-corrected chi connectivity index (χ0v) is 33.6. The van der Waals surface area contributed by atoms with Crippen LogP contribution in [0.5, 0.6) is 0 Å². The highest BCUT2D eigenvalue weighted by Gasteiger charge is 2.38. The molecular weight excluding hydrogens is 825 g/mol. The fraction of sp³-hybridized carbons (Fsp3) is 0. The molecular formula is C48H28N4O8S2. The number of hydrogen-bond donors (Lipinski definition) is 2. The van der Waals surface area contributed by atoms with Gasteiger partial charge in [0.2, 0.25) is 19.7 Å². The maximum atomic E-state index is 14.3. The van der Waals surface area contributed by atoms with Crippen molar-refractivity contribution in [3.8, 4) is 0 Å². The number of sulfone groups is 2. The lowest BCUT2D eigenvalue weighted by atomic mass is 9.82. The molecule has 0 radical (unpaired) electrons. The molecule has 0 atom stereocenters. The molecule has 0 unspecified atom stereocenters. The Bertz CT molecular complexity index is 3370. The summed E-state index contributed by atoms with van der Waals surface area (Å²) in [5.41, 5.74) is 13.8. The molecule has 2 aliphatic rings. The second-order valence-electron chi connectivity index (χ2n) is 15.2. The summed E-state index contributed by atoms with van der Waals surface area (Å²) < 4.78 is 53.2. The van der Waals surface area contributed by atoms with E-state index in [1.807, 2.05) is 0 Å². The molecule has 0 spiro atoms. The maximum absolute atomic E-state index is 14.3. The van der Waals surface area contributed by atoms with E-state index in [1.165, 1.54) is 97.1 Å². The molecule has 300 valence electrons. The van der Waals surface area contributed by atoms with E-state index in [0.717, 1.165) is 9.80 Å². The Morgan fingerprint density at radius 3 is 0.806 bits per heavy atom. The van der Waals surface area contributed by atoms with E-state index in [0.29, 0.717) is 54.5 Å². The minimum Gasteiger partial charge on any atom is -0.399 e. The lowest BCUT2D eigenvalue weighted by Gasteiger charge is -2.30. The first-order chi connectivity index (χ1) is 29.8. The van der Waals surface area contributed by atoms with Crippen LogP contribution >= 0.6 is 0 Å². The third-order valence-corrected chi connectivity index (χ3v) is 15.4. The van der Waals surface area contributed by atoms with Crippen LogP contribution in [0, 0.1) is 0 Å². The summed E-state index contributed by atoms with van der Waals surface area (Å²) in [5.74, 6) is -2.32. The average molecular weight is 853 g/mol. The number of amides is 4. The molecule has 62 heavy (non-hydrogen) atoms. The molecule has 11 rings (SSSR count). The van der Waals surface area contributed by atoms with Gasteiger partial charge < -0.3 is 11.5 Å². The SMILES string of the molecule is Nc1ccc(S(=O)(=O)c2ccc(N3C(=O)c4ccc5c6ccc7c8c(ccc(c9ccc(c4c59)C3=O)c86)C(=O)N(c3ccc(S(=O)(=O)c4ccc(N)cc4)cc3)C7=O)cc2)cc1. The highest BCUT2D eigenvalue weighted by molar-refractivity contribution is 7.91. The summed E-state index contributed by atoms with van der Waals surface area (Å²) in [7, 11) is -7.81. The fourth-order valence-electron chi connectivity index (χ4n) is 8.85. The quantitative estimate of drug-likeness (QED) is 0.0713. The van der Waals surface area contributed by atoms with Crippen molar-refractivity contribution >= 4 is 109 Å². The predicted octanol–water partition coefficient (Wildman–Crippen LogP) is 8.17. The van der Waals surface area contributed by atoms with Gasteiger partial charge in [-0.1, -0.05) is 24.3 Å². The van der Waals surface area contributed by atoms with Gasteiger partial charge in [0.15, 0.2) is 0 Å². The smallest absolute Gasteiger partial charge is 0.265 e. The van der Waals surface area contributed by atoms with Crippen LogP contribution in [0.4, 0.5) is 22.7 Å². The Morgan fingerprint density at radius 1 is 0.306 bits per heavy atom. The van der Waals surface area contributed by atoms with Crippen molar-refractivity contribution in [2.24, 2.45) is 0 Å². The normalized spacial score (nSPS) is 14.3. The number of nitrogens with zero attached hydrogens (tertiary/aromatic N) is 2. The van der Waals surface area contributed by atoms with E-state index in [-0.39, 0.29) is 53.2 Å². The molecule has 0 saturated heterocycles. The Hall–Kier alpha value is -7.94. The zero-order valence-electron chi connectivity index (χ0n) is 32.0. The molecule has 0 aromatic heterocycles. The maximum Gasteiger partial charge on any atom is 0.265 e. The summed E-state index contributed by atoms with van der Waals surface area (Å²) in [6.45, 7) is 0. The van der Waals surface area contributed by atoms with Crippen molar-refractivity contribution in [1.29, 1.82) is 0 Å². The van der Waals surface area contributed by atoms with Crippen molar-refractivity contribution in [1.82, 2.24) is 0 Å².